The monoisotopic (exact) mass is 519 g/mol. The van der Waals surface area contributed by atoms with Gasteiger partial charge < -0.3 is 20.3 Å². The Labute approximate surface area is 212 Å². The SMILES string of the molecule is COC(=O)c1c(NC(=S)Nc2c(C)nn(Cc3ccc(Cl)cc3)c2C)sc(C(=O)N(C)C)c1C. The van der Waals surface area contributed by atoms with Gasteiger partial charge in [-0.2, -0.15) is 5.10 Å². The van der Waals surface area contributed by atoms with E-state index in [1.807, 2.05) is 42.8 Å². The van der Waals surface area contributed by atoms with E-state index in [-0.39, 0.29) is 16.6 Å². The number of aromatic nitrogens is 2. The van der Waals surface area contributed by atoms with Crippen LogP contribution in [0.4, 0.5) is 10.7 Å². The Balaban J connectivity index is 1.84. The van der Waals surface area contributed by atoms with Crippen LogP contribution in [0.15, 0.2) is 24.3 Å². The summed E-state index contributed by atoms with van der Waals surface area (Å²) < 4.78 is 6.82. The summed E-state index contributed by atoms with van der Waals surface area (Å²) in [6.45, 7) is 6.14. The third-order valence-corrected chi connectivity index (χ3v) is 6.88. The summed E-state index contributed by atoms with van der Waals surface area (Å²) >= 11 is 12.7. The molecule has 2 aromatic heterocycles. The van der Waals surface area contributed by atoms with Gasteiger partial charge in [-0.05, 0) is 56.2 Å². The number of rotatable bonds is 6. The molecule has 3 rings (SSSR count). The molecule has 2 heterocycles. The van der Waals surface area contributed by atoms with Crippen LogP contribution < -0.4 is 10.6 Å². The molecule has 0 radical (unpaired) electrons. The maximum absolute atomic E-state index is 12.6. The lowest BCUT2D eigenvalue weighted by molar-refractivity contribution is 0.0601. The first-order valence-corrected chi connectivity index (χ1v) is 11.9. The molecule has 0 saturated heterocycles. The molecule has 3 aromatic rings. The molecule has 0 aliphatic heterocycles. The van der Waals surface area contributed by atoms with Crippen LogP contribution in [-0.2, 0) is 11.3 Å². The first-order valence-electron chi connectivity index (χ1n) is 10.3. The molecule has 11 heteroatoms. The van der Waals surface area contributed by atoms with Gasteiger partial charge in [-0.1, -0.05) is 23.7 Å². The van der Waals surface area contributed by atoms with Gasteiger partial charge in [0.1, 0.15) is 5.00 Å². The Kier molecular flexibility index (Phi) is 7.96. The number of hydrogen-bond acceptors (Lipinski definition) is 6. The fourth-order valence-electron chi connectivity index (χ4n) is 3.40. The maximum atomic E-state index is 12.6. The zero-order chi connectivity index (χ0) is 25.2. The van der Waals surface area contributed by atoms with E-state index < -0.39 is 5.97 Å². The maximum Gasteiger partial charge on any atom is 0.341 e. The number of halogens is 1. The second-order valence-corrected chi connectivity index (χ2v) is 9.73. The first-order chi connectivity index (χ1) is 16.0. The topological polar surface area (TPSA) is 88.5 Å². The quantitative estimate of drug-likeness (QED) is 0.355. The summed E-state index contributed by atoms with van der Waals surface area (Å²) in [5.41, 5.74) is 4.34. The lowest BCUT2D eigenvalue weighted by Gasteiger charge is -2.11. The van der Waals surface area contributed by atoms with Gasteiger partial charge in [0, 0.05) is 19.1 Å². The van der Waals surface area contributed by atoms with Gasteiger partial charge in [0.2, 0.25) is 0 Å². The lowest BCUT2D eigenvalue weighted by atomic mass is 10.1. The third kappa shape index (κ3) is 5.40. The van der Waals surface area contributed by atoms with Crippen LogP contribution in [-0.4, -0.2) is 52.9 Å². The second kappa shape index (κ2) is 10.5. The number of methoxy groups -OCH3 is 1. The van der Waals surface area contributed by atoms with E-state index in [1.54, 1.807) is 21.0 Å². The fraction of sp³-hybridized carbons (Fsp3) is 0.304. The van der Waals surface area contributed by atoms with E-state index in [1.165, 1.54) is 12.0 Å². The summed E-state index contributed by atoms with van der Waals surface area (Å²) in [6.07, 6.45) is 0. The van der Waals surface area contributed by atoms with Crippen molar-refractivity contribution in [1.82, 2.24) is 14.7 Å². The van der Waals surface area contributed by atoms with Crippen molar-refractivity contribution in [3.05, 3.63) is 62.2 Å². The predicted molar refractivity (Wildman–Crippen MR) is 141 cm³/mol. The number of esters is 1. The number of carbonyl (C=O) groups excluding carboxylic acids is 2. The van der Waals surface area contributed by atoms with Gasteiger partial charge in [-0.15, -0.1) is 11.3 Å². The summed E-state index contributed by atoms with van der Waals surface area (Å²) in [4.78, 5) is 26.9. The molecule has 0 fully saturated rings. The molecular weight excluding hydrogens is 494 g/mol. The van der Waals surface area contributed by atoms with Crippen molar-refractivity contribution in [1.29, 1.82) is 0 Å². The zero-order valence-corrected chi connectivity index (χ0v) is 22.2. The van der Waals surface area contributed by atoms with Crippen LogP contribution in [0.2, 0.25) is 5.02 Å². The second-order valence-electron chi connectivity index (χ2n) is 7.86. The first kappa shape index (κ1) is 25.7. The van der Waals surface area contributed by atoms with Crippen LogP contribution in [0, 0.1) is 20.8 Å². The van der Waals surface area contributed by atoms with E-state index in [0.29, 0.717) is 27.0 Å². The third-order valence-electron chi connectivity index (χ3n) is 5.23. The van der Waals surface area contributed by atoms with Gasteiger partial charge in [-0.3, -0.25) is 9.48 Å². The van der Waals surface area contributed by atoms with Gasteiger partial charge in [0.25, 0.3) is 5.91 Å². The Morgan fingerprint density at radius 3 is 2.41 bits per heavy atom. The number of thiophene rings is 1. The molecule has 0 spiro atoms. The molecule has 0 aliphatic rings. The number of benzene rings is 1. The van der Waals surface area contributed by atoms with Crippen LogP contribution in [0.3, 0.4) is 0 Å². The largest absolute Gasteiger partial charge is 0.465 e. The number of nitrogens with zero attached hydrogens (tertiary/aromatic N) is 3. The standard InChI is InChI=1S/C23H26ClN5O3S2/c1-12-17(22(31)32-6)20(34-19(12)21(30)28(4)5)26-23(33)25-18-13(2)27-29(14(18)3)11-15-7-9-16(24)10-8-15/h7-10H,11H2,1-6H3,(H2,25,26,33). The van der Waals surface area contributed by atoms with Crippen LogP contribution in [0.25, 0.3) is 0 Å². The number of amides is 1. The smallest absolute Gasteiger partial charge is 0.341 e. The molecule has 180 valence electrons. The lowest BCUT2D eigenvalue weighted by Crippen LogP contribution is -2.21. The molecule has 2 N–H and O–H groups in total. The predicted octanol–water partition coefficient (Wildman–Crippen LogP) is 4.87. The van der Waals surface area contributed by atoms with Crippen molar-refractivity contribution < 1.29 is 14.3 Å². The summed E-state index contributed by atoms with van der Waals surface area (Å²) in [7, 11) is 4.62. The minimum Gasteiger partial charge on any atom is -0.465 e. The molecule has 1 amide bonds. The molecule has 34 heavy (non-hydrogen) atoms. The molecule has 0 aliphatic carbocycles. The molecule has 8 nitrogen and oxygen atoms in total. The van der Waals surface area contributed by atoms with Crippen molar-refractivity contribution in [2.75, 3.05) is 31.8 Å². The summed E-state index contributed by atoms with van der Waals surface area (Å²) in [6, 6.07) is 7.60. The van der Waals surface area contributed by atoms with Crippen LogP contribution >= 0.6 is 35.2 Å². The van der Waals surface area contributed by atoms with Crippen molar-refractivity contribution in [2.45, 2.75) is 27.3 Å². The molecule has 0 bridgehead atoms. The zero-order valence-electron chi connectivity index (χ0n) is 19.8. The highest BCUT2D eigenvalue weighted by Gasteiger charge is 2.27. The van der Waals surface area contributed by atoms with Gasteiger partial charge >= 0.3 is 5.97 Å². The van der Waals surface area contributed by atoms with Crippen LogP contribution in [0.5, 0.6) is 0 Å². The molecule has 0 unspecified atom stereocenters. The minimum atomic E-state index is -0.542. The molecule has 1 aromatic carbocycles. The number of aryl methyl sites for hydroxylation is 1. The highest BCUT2D eigenvalue weighted by Crippen LogP contribution is 2.34. The number of thiocarbonyl (C=S) groups is 1. The molecule has 0 atom stereocenters. The van der Waals surface area contributed by atoms with Crippen molar-refractivity contribution in [3.63, 3.8) is 0 Å². The summed E-state index contributed by atoms with van der Waals surface area (Å²) in [5, 5.41) is 12.3. The van der Waals surface area contributed by atoms with Crippen molar-refractivity contribution in [3.8, 4) is 0 Å². The average Bonchev–Trinajstić information content (AvgIpc) is 3.24. The highest BCUT2D eigenvalue weighted by molar-refractivity contribution is 7.80. The number of nitrogens with one attached hydrogen (secondary N) is 2. The molecular formula is C23H26ClN5O3S2. The van der Waals surface area contributed by atoms with E-state index in [2.05, 4.69) is 15.7 Å². The van der Waals surface area contributed by atoms with E-state index in [4.69, 9.17) is 28.6 Å². The Morgan fingerprint density at radius 2 is 1.82 bits per heavy atom. The Morgan fingerprint density at radius 1 is 1.18 bits per heavy atom. The highest BCUT2D eigenvalue weighted by atomic mass is 35.5. The number of ether oxygens (including phenoxy) is 1. The van der Waals surface area contributed by atoms with Crippen LogP contribution in [0.1, 0.15) is 42.5 Å². The number of hydrogen-bond donors (Lipinski definition) is 2. The van der Waals surface area contributed by atoms with Crippen molar-refractivity contribution in [2.24, 2.45) is 0 Å². The molecule has 0 saturated carbocycles. The van der Waals surface area contributed by atoms with E-state index in [0.717, 1.165) is 34.0 Å². The van der Waals surface area contributed by atoms with E-state index >= 15 is 0 Å². The van der Waals surface area contributed by atoms with E-state index in [9.17, 15) is 9.59 Å². The Bertz CT molecular complexity index is 1250. The summed E-state index contributed by atoms with van der Waals surface area (Å²) in [5.74, 6) is -0.741. The Hall–Kier alpha value is -2.95. The van der Waals surface area contributed by atoms with Gasteiger partial charge in [0.05, 0.1) is 41.2 Å². The van der Waals surface area contributed by atoms with Crippen molar-refractivity contribution >= 4 is 62.8 Å². The van der Waals surface area contributed by atoms with Gasteiger partial charge in [0.15, 0.2) is 5.11 Å². The van der Waals surface area contributed by atoms with Gasteiger partial charge in [-0.25, -0.2) is 4.79 Å². The average molecular weight is 520 g/mol. The number of carbonyl (C=O) groups is 2. The minimum absolute atomic E-state index is 0.199. The number of anilines is 2. The normalized spacial score (nSPS) is 10.7. The fourth-order valence-corrected chi connectivity index (χ4v) is 5.01.